The summed E-state index contributed by atoms with van der Waals surface area (Å²) < 4.78 is 13.8. The molecule has 0 aliphatic heterocycles. The number of hydrogen-bond acceptors (Lipinski definition) is 3. The molecular formula is C15H15ClFN3O. The van der Waals surface area contributed by atoms with E-state index in [-0.39, 0.29) is 16.4 Å². The van der Waals surface area contributed by atoms with Crippen molar-refractivity contribution in [2.24, 2.45) is 0 Å². The molecule has 0 saturated carbocycles. The number of anilines is 2. The first kappa shape index (κ1) is 15.3. The quantitative estimate of drug-likeness (QED) is 0.939. The van der Waals surface area contributed by atoms with Gasteiger partial charge >= 0.3 is 0 Å². The molecule has 0 spiro atoms. The van der Waals surface area contributed by atoms with Crippen LogP contribution in [0.2, 0.25) is 5.02 Å². The maximum atomic E-state index is 13.8. The third-order valence-corrected chi connectivity index (χ3v) is 3.23. The minimum absolute atomic E-state index is 0.0841. The monoisotopic (exact) mass is 307 g/mol. The number of aromatic nitrogens is 1. The SMILES string of the molecule is CCNc1ccc(Cl)c(C(=O)N(C)c2ccccc2F)n1. The third kappa shape index (κ3) is 3.31. The largest absolute Gasteiger partial charge is 0.370 e. The Morgan fingerprint density at radius 3 is 2.71 bits per heavy atom. The van der Waals surface area contributed by atoms with Crippen molar-refractivity contribution in [3.8, 4) is 0 Å². The second kappa shape index (κ2) is 6.54. The number of pyridine rings is 1. The van der Waals surface area contributed by atoms with Crippen LogP contribution in [0.3, 0.4) is 0 Å². The Balaban J connectivity index is 2.35. The van der Waals surface area contributed by atoms with Crippen molar-refractivity contribution in [3.05, 3.63) is 52.9 Å². The summed E-state index contributed by atoms with van der Waals surface area (Å²) in [6.45, 7) is 2.59. The van der Waals surface area contributed by atoms with Crippen LogP contribution >= 0.6 is 11.6 Å². The van der Waals surface area contributed by atoms with Gasteiger partial charge in [0.1, 0.15) is 17.3 Å². The lowest BCUT2D eigenvalue weighted by atomic mass is 10.2. The molecule has 0 atom stereocenters. The summed E-state index contributed by atoms with van der Waals surface area (Å²) in [5, 5.41) is 3.23. The fourth-order valence-electron chi connectivity index (χ4n) is 1.86. The van der Waals surface area contributed by atoms with Crippen molar-refractivity contribution in [3.63, 3.8) is 0 Å². The van der Waals surface area contributed by atoms with E-state index in [1.54, 1.807) is 24.3 Å². The Kier molecular flexibility index (Phi) is 4.75. The Hall–Kier alpha value is -2.14. The molecule has 1 heterocycles. The van der Waals surface area contributed by atoms with Crippen LogP contribution in [-0.4, -0.2) is 24.5 Å². The summed E-state index contributed by atoms with van der Waals surface area (Å²) in [5.41, 5.74) is 0.259. The van der Waals surface area contributed by atoms with E-state index in [1.165, 1.54) is 24.1 Å². The molecule has 4 nitrogen and oxygen atoms in total. The molecule has 6 heteroatoms. The van der Waals surface area contributed by atoms with Crippen molar-refractivity contribution in [2.75, 3.05) is 23.8 Å². The van der Waals surface area contributed by atoms with E-state index in [0.717, 1.165) is 0 Å². The van der Waals surface area contributed by atoms with Crippen LogP contribution in [-0.2, 0) is 0 Å². The molecule has 110 valence electrons. The van der Waals surface area contributed by atoms with Crippen LogP contribution in [0, 0.1) is 5.82 Å². The molecule has 2 rings (SSSR count). The summed E-state index contributed by atoms with van der Waals surface area (Å²) in [7, 11) is 1.48. The highest BCUT2D eigenvalue weighted by Gasteiger charge is 2.20. The van der Waals surface area contributed by atoms with Gasteiger partial charge in [-0.25, -0.2) is 9.37 Å². The average molecular weight is 308 g/mol. The molecule has 2 aromatic rings. The number of benzene rings is 1. The highest BCUT2D eigenvalue weighted by molar-refractivity contribution is 6.34. The molecule has 1 amide bonds. The van der Waals surface area contributed by atoms with Gasteiger partial charge in [0.05, 0.1) is 10.7 Å². The molecule has 0 bridgehead atoms. The van der Waals surface area contributed by atoms with Crippen molar-refractivity contribution in [1.29, 1.82) is 0 Å². The van der Waals surface area contributed by atoms with Crippen LogP contribution in [0.15, 0.2) is 36.4 Å². The van der Waals surface area contributed by atoms with E-state index < -0.39 is 11.7 Å². The molecule has 0 aliphatic carbocycles. The molecule has 0 fully saturated rings. The van der Waals surface area contributed by atoms with Crippen LogP contribution in [0.1, 0.15) is 17.4 Å². The molecule has 0 saturated heterocycles. The Bertz CT molecular complexity index is 663. The number of amides is 1. The summed E-state index contributed by atoms with van der Waals surface area (Å²) in [6, 6.07) is 9.32. The Morgan fingerprint density at radius 1 is 1.33 bits per heavy atom. The minimum atomic E-state index is -0.479. The molecule has 0 unspecified atom stereocenters. The summed E-state index contributed by atoms with van der Waals surface area (Å²) in [6.07, 6.45) is 0. The van der Waals surface area contributed by atoms with E-state index in [9.17, 15) is 9.18 Å². The fourth-order valence-corrected chi connectivity index (χ4v) is 2.05. The van der Waals surface area contributed by atoms with E-state index in [1.807, 2.05) is 6.92 Å². The van der Waals surface area contributed by atoms with Gasteiger partial charge in [-0.1, -0.05) is 23.7 Å². The van der Waals surface area contributed by atoms with Crippen molar-refractivity contribution in [1.82, 2.24) is 4.98 Å². The maximum absolute atomic E-state index is 13.8. The van der Waals surface area contributed by atoms with Crippen molar-refractivity contribution < 1.29 is 9.18 Å². The van der Waals surface area contributed by atoms with E-state index in [0.29, 0.717) is 12.4 Å². The zero-order valence-corrected chi connectivity index (χ0v) is 12.5. The first-order valence-corrected chi connectivity index (χ1v) is 6.85. The van der Waals surface area contributed by atoms with Crippen molar-refractivity contribution >= 4 is 29.0 Å². The second-order valence-electron chi connectivity index (χ2n) is 4.37. The predicted octanol–water partition coefficient (Wildman–Crippen LogP) is 3.58. The topological polar surface area (TPSA) is 45.2 Å². The smallest absolute Gasteiger partial charge is 0.278 e. The number of nitrogens with one attached hydrogen (secondary N) is 1. The van der Waals surface area contributed by atoms with Gasteiger partial charge in [0.2, 0.25) is 0 Å². The molecule has 21 heavy (non-hydrogen) atoms. The highest BCUT2D eigenvalue weighted by atomic mass is 35.5. The second-order valence-corrected chi connectivity index (χ2v) is 4.78. The average Bonchev–Trinajstić information content (AvgIpc) is 2.48. The minimum Gasteiger partial charge on any atom is -0.370 e. The predicted molar refractivity (Wildman–Crippen MR) is 82.5 cm³/mol. The van der Waals surface area contributed by atoms with Gasteiger partial charge < -0.3 is 10.2 Å². The first-order chi connectivity index (χ1) is 10.0. The van der Waals surface area contributed by atoms with Gasteiger partial charge in [0.25, 0.3) is 5.91 Å². The lowest BCUT2D eigenvalue weighted by Crippen LogP contribution is -2.28. The number of hydrogen-bond donors (Lipinski definition) is 1. The lowest BCUT2D eigenvalue weighted by Gasteiger charge is -2.18. The molecule has 0 radical (unpaired) electrons. The number of halogens is 2. The standard InChI is InChI=1S/C15H15ClFN3O/c1-3-18-13-9-8-10(16)14(19-13)15(21)20(2)12-7-5-4-6-11(12)17/h4-9H,3H2,1-2H3,(H,18,19). The number of carbonyl (C=O) groups is 1. The Labute approximate surface area is 127 Å². The first-order valence-electron chi connectivity index (χ1n) is 6.47. The molecular weight excluding hydrogens is 293 g/mol. The zero-order chi connectivity index (χ0) is 15.4. The summed E-state index contributed by atoms with van der Waals surface area (Å²) in [4.78, 5) is 17.8. The molecule has 1 aromatic carbocycles. The lowest BCUT2D eigenvalue weighted by molar-refractivity contribution is 0.0987. The normalized spacial score (nSPS) is 10.3. The van der Waals surface area contributed by atoms with Crippen LogP contribution < -0.4 is 10.2 Å². The van der Waals surface area contributed by atoms with E-state index in [2.05, 4.69) is 10.3 Å². The van der Waals surface area contributed by atoms with E-state index in [4.69, 9.17) is 11.6 Å². The number of rotatable bonds is 4. The molecule has 0 aliphatic rings. The third-order valence-electron chi connectivity index (χ3n) is 2.92. The summed E-state index contributed by atoms with van der Waals surface area (Å²) in [5.74, 6) is -0.399. The van der Waals surface area contributed by atoms with Gasteiger partial charge in [0.15, 0.2) is 0 Å². The van der Waals surface area contributed by atoms with Crippen LogP contribution in [0.5, 0.6) is 0 Å². The van der Waals surface area contributed by atoms with E-state index >= 15 is 0 Å². The van der Waals surface area contributed by atoms with Crippen LogP contribution in [0.25, 0.3) is 0 Å². The Morgan fingerprint density at radius 2 is 2.05 bits per heavy atom. The maximum Gasteiger partial charge on any atom is 0.278 e. The fraction of sp³-hybridized carbons (Fsp3) is 0.200. The number of para-hydroxylation sites is 1. The van der Waals surface area contributed by atoms with Gasteiger partial charge in [0, 0.05) is 13.6 Å². The summed E-state index contributed by atoms with van der Waals surface area (Å²) >= 11 is 6.03. The zero-order valence-electron chi connectivity index (χ0n) is 11.7. The van der Waals surface area contributed by atoms with Crippen molar-refractivity contribution in [2.45, 2.75) is 6.92 Å². The number of carbonyl (C=O) groups excluding carboxylic acids is 1. The molecule has 1 N–H and O–H groups in total. The highest BCUT2D eigenvalue weighted by Crippen LogP contribution is 2.23. The van der Waals surface area contributed by atoms with Crippen LogP contribution in [0.4, 0.5) is 15.9 Å². The van der Waals surface area contributed by atoms with Gasteiger partial charge in [-0.2, -0.15) is 0 Å². The van der Waals surface area contributed by atoms with Gasteiger partial charge in [-0.15, -0.1) is 0 Å². The number of nitrogens with zero attached hydrogens (tertiary/aromatic N) is 2. The molecule has 1 aromatic heterocycles. The van der Waals surface area contributed by atoms with Gasteiger partial charge in [-0.05, 0) is 31.2 Å². The van der Waals surface area contributed by atoms with Gasteiger partial charge in [-0.3, -0.25) is 4.79 Å².